The van der Waals surface area contributed by atoms with Crippen LogP contribution in [-0.2, 0) is 6.61 Å². The molecular weight excluding hydrogens is 365 g/mol. The van der Waals surface area contributed by atoms with Crippen LogP contribution in [0.2, 0.25) is 0 Å². The zero-order chi connectivity index (χ0) is 19.9. The third-order valence-electron chi connectivity index (χ3n) is 3.74. The van der Waals surface area contributed by atoms with Gasteiger partial charge >= 0.3 is 0 Å². The molecular formula is C19H18FN5O3. The first-order chi connectivity index (χ1) is 13.5. The van der Waals surface area contributed by atoms with E-state index in [0.717, 1.165) is 11.1 Å². The Morgan fingerprint density at radius 1 is 1.18 bits per heavy atom. The number of hydrogen-bond donors (Lipinski definition) is 2. The van der Waals surface area contributed by atoms with Crippen LogP contribution in [0.3, 0.4) is 0 Å². The largest absolute Gasteiger partial charge is 0.493 e. The summed E-state index contributed by atoms with van der Waals surface area (Å²) in [5.74, 6) is 0.914. The number of H-pyrrole nitrogens is 1. The Balaban J connectivity index is 1.65. The van der Waals surface area contributed by atoms with Gasteiger partial charge in [-0.2, -0.15) is 5.10 Å². The van der Waals surface area contributed by atoms with Crippen LogP contribution in [0.25, 0.3) is 0 Å². The van der Waals surface area contributed by atoms with Crippen molar-refractivity contribution in [2.75, 3.05) is 12.5 Å². The van der Waals surface area contributed by atoms with Gasteiger partial charge in [0.05, 0.1) is 13.3 Å². The number of aromatic nitrogens is 3. The van der Waals surface area contributed by atoms with Gasteiger partial charge in [0.25, 0.3) is 5.56 Å². The summed E-state index contributed by atoms with van der Waals surface area (Å²) in [6.45, 7) is 1.84. The third-order valence-corrected chi connectivity index (χ3v) is 3.74. The van der Waals surface area contributed by atoms with Crippen LogP contribution >= 0.6 is 0 Å². The molecule has 0 unspecified atom stereocenters. The van der Waals surface area contributed by atoms with Crippen LogP contribution in [0.15, 0.2) is 52.4 Å². The molecule has 0 radical (unpaired) electrons. The summed E-state index contributed by atoms with van der Waals surface area (Å²) in [7, 11) is 1.53. The van der Waals surface area contributed by atoms with Crippen molar-refractivity contribution < 1.29 is 13.9 Å². The predicted octanol–water partition coefficient (Wildman–Crippen LogP) is 2.65. The molecule has 0 aliphatic rings. The molecule has 0 aliphatic heterocycles. The Labute approximate surface area is 160 Å². The quantitative estimate of drug-likeness (QED) is 0.480. The van der Waals surface area contributed by atoms with E-state index in [1.807, 2.05) is 0 Å². The van der Waals surface area contributed by atoms with E-state index in [9.17, 15) is 9.18 Å². The average molecular weight is 383 g/mol. The standard InChI is InChI=1S/C19H18FN5O3/c1-12-18(26)22-19(25-23-12)24-21-10-14-5-8-16(17(9-14)27-2)28-11-13-3-6-15(20)7-4-13/h3-10H,11H2,1-2H3,(H2,22,24,25,26)/b21-10-. The maximum absolute atomic E-state index is 13.0. The van der Waals surface area contributed by atoms with Gasteiger partial charge in [0.1, 0.15) is 18.1 Å². The number of rotatable bonds is 7. The molecule has 0 saturated carbocycles. The van der Waals surface area contributed by atoms with E-state index in [0.29, 0.717) is 11.5 Å². The molecule has 2 N–H and O–H groups in total. The van der Waals surface area contributed by atoms with Gasteiger partial charge in [-0.3, -0.25) is 9.78 Å². The Morgan fingerprint density at radius 2 is 1.96 bits per heavy atom. The minimum atomic E-state index is -0.336. The van der Waals surface area contributed by atoms with Crippen LogP contribution in [0.5, 0.6) is 11.5 Å². The second kappa shape index (κ2) is 8.76. The van der Waals surface area contributed by atoms with Gasteiger partial charge in [0.2, 0.25) is 5.95 Å². The fraction of sp³-hybridized carbons (Fsp3) is 0.158. The second-order valence-corrected chi connectivity index (χ2v) is 5.78. The van der Waals surface area contributed by atoms with E-state index in [1.54, 1.807) is 37.3 Å². The van der Waals surface area contributed by atoms with Gasteiger partial charge in [-0.25, -0.2) is 9.82 Å². The molecule has 3 aromatic rings. The lowest BCUT2D eigenvalue weighted by Gasteiger charge is -2.11. The van der Waals surface area contributed by atoms with Gasteiger partial charge in [-0.15, -0.1) is 10.2 Å². The maximum atomic E-state index is 13.0. The highest BCUT2D eigenvalue weighted by Gasteiger charge is 2.06. The highest BCUT2D eigenvalue weighted by atomic mass is 19.1. The van der Waals surface area contributed by atoms with Gasteiger partial charge < -0.3 is 9.47 Å². The lowest BCUT2D eigenvalue weighted by molar-refractivity contribution is 0.284. The number of hydrazone groups is 1. The minimum Gasteiger partial charge on any atom is -0.493 e. The zero-order valence-corrected chi connectivity index (χ0v) is 15.3. The van der Waals surface area contributed by atoms with Crippen molar-refractivity contribution in [3.05, 3.63) is 75.5 Å². The van der Waals surface area contributed by atoms with Crippen LogP contribution in [0, 0.1) is 12.7 Å². The molecule has 0 bridgehead atoms. The van der Waals surface area contributed by atoms with E-state index >= 15 is 0 Å². The number of aromatic amines is 1. The second-order valence-electron chi connectivity index (χ2n) is 5.78. The molecule has 3 rings (SSSR count). The summed E-state index contributed by atoms with van der Waals surface area (Å²) in [6.07, 6.45) is 1.53. The summed E-state index contributed by atoms with van der Waals surface area (Å²) in [6, 6.07) is 11.4. The van der Waals surface area contributed by atoms with Crippen molar-refractivity contribution in [1.82, 2.24) is 15.2 Å². The number of hydrogen-bond acceptors (Lipinski definition) is 7. The molecule has 1 heterocycles. The third kappa shape index (κ3) is 4.91. The smallest absolute Gasteiger partial charge is 0.274 e. The fourth-order valence-corrected chi connectivity index (χ4v) is 2.24. The van der Waals surface area contributed by atoms with Gasteiger partial charge in [0, 0.05) is 0 Å². The molecule has 28 heavy (non-hydrogen) atoms. The molecule has 0 aliphatic carbocycles. The molecule has 0 atom stereocenters. The molecule has 0 amide bonds. The topological polar surface area (TPSA) is 101 Å². The molecule has 9 heteroatoms. The Morgan fingerprint density at radius 3 is 2.68 bits per heavy atom. The molecule has 144 valence electrons. The molecule has 2 aromatic carbocycles. The van der Waals surface area contributed by atoms with Crippen LogP contribution in [0.1, 0.15) is 16.8 Å². The highest BCUT2D eigenvalue weighted by molar-refractivity contribution is 5.81. The fourth-order valence-electron chi connectivity index (χ4n) is 2.24. The number of aryl methyl sites for hydroxylation is 1. The first-order valence-electron chi connectivity index (χ1n) is 8.33. The monoisotopic (exact) mass is 383 g/mol. The number of ether oxygens (including phenoxy) is 2. The predicted molar refractivity (Wildman–Crippen MR) is 102 cm³/mol. The lowest BCUT2D eigenvalue weighted by Crippen LogP contribution is -2.15. The SMILES string of the molecule is COc1cc(/C=N\Nc2nnc(C)c(=O)[nH]2)ccc1OCc1ccc(F)cc1. The molecule has 0 spiro atoms. The van der Waals surface area contributed by atoms with E-state index < -0.39 is 0 Å². The van der Waals surface area contributed by atoms with E-state index in [4.69, 9.17) is 9.47 Å². The molecule has 0 saturated heterocycles. The number of nitrogens with zero attached hydrogens (tertiary/aromatic N) is 3. The average Bonchev–Trinajstić information content (AvgIpc) is 2.70. The van der Waals surface area contributed by atoms with Crippen LogP contribution in [-0.4, -0.2) is 28.5 Å². The van der Waals surface area contributed by atoms with Gasteiger partial charge in [-0.05, 0) is 48.4 Å². The molecule has 1 aromatic heterocycles. The van der Waals surface area contributed by atoms with E-state index in [-0.39, 0.29) is 29.6 Å². The Hall–Kier alpha value is -3.75. The van der Waals surface area contributed by atoms with Crippen LogP contribution in [0.4, 0.5) is 10.3 Å². The van der Waals surface area contributed by atoms with Crippen molar-refractivity contribution in [1.29, 1.82) is 0 Å². The van der Waals surface area contributed by atoms with Crippen LogP contribution < -0.4 is 20.5 Å². The Bertz CT molecular complexity index is 1030. The minimum absolute atomic E-state index is 0.137. The highest BCUT2D eigenvalue weighted by Crippen LogP contribution is 2.28. The molecule has 8 nitrogen and oxygen atoms in total. The number of benzene rings is 2. The van der Waals surface area contributed by atoms with Crippen molar-refractivity contribution in [3.8, 4) is 11.5 Å². The summed E-state index contributed by atoms with van der Waals surface area (Å²) >= 11 is 0. The first kappa shape index (κ1) is 19.0. The van der Waals surface area contributed by atoms with E-state index in [1.165, 1.54) is 25.5 Å². The number of anilines is 1. The summed E-state index contributed by atoms with van der Waals surface area (Å²) in [5, 5.41) is 11.5. The van der Waals surface area contributed by atoms with Crippen molar-refractivity contribution in [2.45, 2.75) is 13.5 Å². The first-order valence-corrected chi connectivity index (χ1v) is 8.33. The van der Waals surface area contributed by atoms with Crippen molar-refractivity contribution >= 4 is 12.2 Å². The summed E-state index contributed by atoms with van der Waals surface area (Å²) in [5.41, 5.74) is 4.12. The van der Waals surface area contributed by atoms with Crippen molar-refractivity contribution in [2.24, 2.45) is 5.10 Å². The Kier molecular flexibility index (Phi) is 5.95. The normalized spacial score (nSPS) is 10.8. The number of nitrogens with one attached hydrogen (secondary N) is 2. The number of halogens is 1. The summed E-state index contributed by atoms with van der Waals surface area (Å²) < 4.78 is 24.0. The van der Waals surface area contributed by atoms with Crippen molar-refractivity contribution in [3.63, 3.8) is 0 Å². The van der Waals surface area contributed by atoms with E-state index in [2.05, 4.69) is 25.7 Å². The number of methoxy groups -OCH3 is 1. The summed E-state index contributed by atoms with van der Waals surface area (Å²) in [4.78, 5) is 14.0. The van der Waals surface area contributed by atoms with Gasteiger partial charge in [-0.1, -0.05) is 12.1 Å². The maximum Gasteiger partial charge on any atom is 0.274 e. The van der Waals surface area contributed by atoms with Gasteiger partial charge in [0.15, 0.2) is 11.5 Å². The zero-order valence-electron chi connectivity index (χ0n) is 15.3. The lowest BCUT2D eigenvalue weighted by atomic mass is 10.2. The molecule has 0 fully saturated rings.